The third kappa shape index (κ3) is 6.60. The topological polar surface area (TPSA) is 76.7 Å². The van der Waals surface area contributed by atoms with E-state index in [2.05, 4.69) is 17.8 Å². The highest BCUT2D eigenvalue weighted by Gasteiger charge is 2.16. The molecule has 0 aromatic heterocycles. The molecule has 3 rings (SSSR count). The van der Waals surface area contributed by atoms with Gasteiger partial charge in [0.05, 0.1) is 0 Å². The van der Waals surface area contributed by atoms with E-state index in [0.717, 1.165) is 12.0 Å². The molecule has 0 saturated heterocycles. The number of benzene rings is 3. The molecule has 1 atom stereocenters. The van der Waals surface area contributed by atoms with Crippen LogP contribution in [0.25, 0.3) is 0 Å². The predicted octanol–water partition coefficient (Wildman–Crippen LogP) is 4.06. The van der Waals surface area contributed by atoms with Crippen molar-refractivity contribution in [3.05, 3.63) is 95.6 Å². The molecule has 0 aliphatic heterocycles. The summed E-state index contributed by atoms with van der Waals surface area (Å²) in [4.78, 5) is 24.5. The van der Waals surface area contributed by atoms with E-state index >= 15 is 0 Å². The number of nitrogens with one attached hydrogen (secondary N) is 2. The smallest absolute Gasteiger partial charge is 0.279 e. The number of amides is 2. The Morgan fingerprint density at radius 1 is 0.806 bits per heavy atom. The summed E-state index contributed by atoms with van der Waals surface area (Å²) in [5.41, 5.74) is 7.44. The van der Waals surface area contributed by atoms with Gasteiger partial charge in [-0.1, -0.05) is 49.4 Å². The molecule has 2 N–H and O–H groups in total. The summed E-state index contributed by atoms with van der Waals surface area (Å²) in [5, 5.41) is 0. The maximum absolute atomic E-state index is 12.3. The highest BCUT2D eigenvalue weighted by molar-refractivity contribution is 5.95. The van der Waals surface area contributed by atoms with E-state index in [1.54, 1.807) is 31.2 Å². The molecular formula is C25H26N2O4. The molecule has 3 aromatic carbocycles. The second-order valence-electron chi connectivity index (χ2n) is 7.00. The summed E-state index contributed by atoms with van der Waals surface area (Å²) in [6, 6.07) is 24.1. The van der Waals surface area contributed by atoms with Crippen LogP contribution in [-0.2, 0) is 17.8 Å². The van der Waals surface area contributed by atoms with Gasteiger partial charge in [0.2, 0.25) is 0 Å². The van der Waals surface area contributed by atoms with Gasteiger partial charge in [-0.05, 0) is 60.9 Å². The zero-order chi connectivity index (χ0) is 22.1. The van der Waals surface area contributed by atoms with Gasteiger partial charge >= 0.3 is 0 Å². The molecule has 6 nitrogen and oxygen atoms in total. The number of rotatable bonds is 8. The van der Waals surface area contributed by atoms with E-state index in [9.17, 15) is 9.59 Å². The lowest BCUT2D eigenvalue weighted by atomic mass is 10.2. The summed E-state index contributed by atoms with van der Waals surface area (Å²) in [5.74, 6) is 0.371. The average molecular weight is 418 g/mol. The molecule has 2 amide bonds. The second kappa shape index (κ2) is 10.8. The van der Waals surface area contributed by atoms with Crippen molar-refractivity contribution >= 4 is 11.8 Å². The van der Waals surface area contributed by atoms with Crippen molar-refractivity contribution in [2.45, 2.75) is 33.0 Å². The van der Waals surface area contributed by atoms with Gasteiger partial charge < -0.3 is 9.47 Å². The number of carbonyl (C=O) groups is 2. The van der Waals surface area contributed by atoms with Crippen molar-refractivity contribution in [2.24, 2.45) is 0 Å². The standard InChI is InChI=1S/C25H26N2O4/c1-3-19-9-13-23(14-10-19)31-18(2)24(28)26-27-25(29)21-11-15-22(16-12-21)30-17-20-7-5-4-6-8-20/h4-16,18H,3,17H2,1-2H3,(H,26,28)(H,27,29)/t18-/m1/s1. The van der Waals surface area contributed by atoms with Gasteiger partial charge in [0.25, 0.3) is 11.8 Å². The molecule has 3 aromatic rings. The summed E-state index contributed by atoms with van der Waals surface area (Å²) in [6.45, 7) is 4.13. The van der Waals surface area contributed by atoms with E-state index in [-0.39, 0.29) is 0 Å². The zero-order valence-corrected chi connectivity index (χ0v) is 17.6. The van der Waals surface area contributed by atoms with Crippen molar-refractivity contribution in [3.8, 4) is 11.5 Å². The number of ether oxygens (including phenoxy) is 2. The van der Waals surface area contributed by atoms with Crippen molar-refractivity contribution in [2.75, 3.05) is 0 Å². The van der Waals surface area contributed by atoms with E-state index in [1.807, 2.05) is 54.6 Å². The molecule has 0 heterocycles. The monoisotopic (exact) mass is 418 g/mol. The van der Waals surface area contributed by atoms with Crippen LogP contribution in [0.5, 0.6) is 11.5 Å². The predicted molar refractivity (Wildman–Crippen MR) is 119 cm³/mol. The number of hydrazine groups is 1. The van der Waals surface area contributed by atoms with Gasteiger partial charge in [0.1, 0.15) is 18.1 Å². The zero-order valence-electron chi connectivity index (χ0n) is 17.6. The Morgan fingerprint density at radius 2 is 1.45 bits per heavy atom. The lowest BCUT2D eigenvalue weighted by molar-refractivity contribution is -0.128. The molecule has 0 aliphatic carbocycles. The quantitative estimate of drug-likeness (QED) is 0.541. The lowest BCUT2D eigenvalue weighted by Gasteiger charge is -2.15. The molecular weight excluding hydrogens is 392 g/mol. The van der Waals surface area contributed by atoms with Crippen LogP contribution in [-0.4, -0.2) is 17.9 Å². The number of carbonyl (C=O) groups excluding carboxylic acids is 2. The summed E-state index contributed by atoms with van der Waals surface area (Å²) in [7, 11) is 0. The van der Waals surface area contributed by atoms with Crippen LogP contribution in [0.15, 0.2) is 78.9 Å². The SMILES string of the molecule is CCc1ccc(O[C@H](C)C(=O)NNC(=O)c2ccc(OCc3ccccc3)cc2)cc1. The first-order valence-corrected chi connectivity index (χ1v) is 10.2. The molecule has 31 heavy (non-hydrogen) atoms. The van der Waals surface area contributed by atoms with Crippen LogP contribution in [0.1, 0.15) is 35.3 Å². The van der Waals surface area contributed by atoms with Crippen LogP contribution in [0.2, 0.25) is 0 Å². The molecule has 0 radical (unpaired) electrons. The van der Waals surface area contributed by atoms with Crippen LogP contribution >= 0.6 is 0 Å². The minimum Gasteiger partial charge on any atom is -0.489 e. The van der Waals surface area contributed by atoms with E-state index < -0.39 is 17.9 Å². The third-order valence-electron chi connectivity index (χ3n) is 4.68. The van der Waals surface area contributed by atoms with Crippen LogP contribution < -0.4 is 20.3 Å². The fraction of sp³-hybridized carbons (Fsp3) is 0.200. The molecule has 0 unspecified atom stereocenters. The van der Waals surface area contributed by atoms with Gasteiger partial charge in [0.15, 0.2) is 6.10 Å². The van der Waals surface area contributed by atoms with Gasteiger partial charge in [-0.15, -0.1) is 0 Å². The Balaban J connectivity index is 1.45. The van der Waals surface area contributed by atoms with Gasteiger partial charge in [-0.3, -0.25) is 20.4 Å². The van der Waals surface area contributed by atoms with E-state index in [0.29, 0.717) is 23.7 Å². The molecule has 0 bridgehead atoms. The lowest BCUT2D eigenvalue weighted by Crippen LogP contribution is -2.47. The summed E-state index contributed by atoms with van der Waals surface area (Å²) < 4.78 is 11.3. The highest BCUT2D eigenvalue weighted by atomic mass is 16.5. The van der Waals surface area contributed by atoms with Crippen LogP contribution in [0.4, 0.5) is 0 Å². The van der Waals surface area contributed by atoms with Crippen LogP contribution in [0, 0.1) is 0 Å². The first kappa shape index (κ1) is 21.9. The molecule has 0 spiro atoms. The summed E-state index contributed by atoms with van der Waals surface area (Å²) >= 11 is 0. The Labute approximate surface area is 182 Å². The Morgan fingerprint density at radius 3 is 2.10 bits per heavy atom. The van der Waals surface area contributed by atoms with E-state index in [4.69, 9.17) is 9.47 Å². The average Bonchev–Trinajstić information content (AvgIpc) is 2.82. The first-order chi connectivity index (χ1) is 15.0. The fourth-order valence-electron chi connectivity index (χ4n) is 2.80. The van der Waals surface area contributed by atoms with Gasteiger partial charge in [-0.2, -0.15) is 0 Å². The minimum atomic E-state index is -0.762. The van der Waals surface area contributed by atoms with Crippen molar-refractivity contribution in [1.29, 1.82) is 0 Å². The van der Waals surface area contributed by atoms with Crippen molar-refractivity contribution < 1.29 is 19.1 Å². The fourth-order valence-corrected chi connectivity index (χ4v) is 2.80. The Hall–Kier alpha value is -3.80. The molecule has 160 valence electrons. The number of hydrogen-bond donors (Lipinski definition) is 2. The number of hydrogen-bond acceptors (Lipinski definition) is 4. The maximum Gasteiger partial charge on any atom is 0.279 e. The van der Waals surface area contributed by atoms with Crippen LogP contribution in [0.3, 0.4) is 0 Å². The summed E-state index contributed by atoms with van der Waals surface area (Å²) in [6.07, 6.45) is 0.171. The first-order valence-electron chi connectivity index (χ1n) is 10.2. The Kier molecular flexibility index (Phi) is 7.65. The maximum atomic E-state index is 12.3. The highest BCUT2D eigenvalue weighted by Crippen LogP contribution is 2.15. The van der Waals surface area contributed by atoms with Crippen molar-refractivity contribution in [3.63, 3.8) is 0 Å². The molecule has 0 saturated carbocycles. The largest absolute Gasteiger partial charge is 0.489 e. The molecule has 0 fully saturated rings. The van der Waals surface area contributed by atoms with Crippen molar-refractivity contribution in [1.82, 2.24) is 10.9 Å². The van der Waals surface area contributed by atoms with Gasteiger partial charge in [0, 0.05) is 5.56 Å². The van der Waals surface area contributed by atoms with E-state index in [1.165, 1.54) is 5.56 Å². The second-order valence-corrected chi connectivity index (χ2v) is 7.00. The molecule has 6 heteroatoms. The Bertz CT molecular complexity index is 986. The third-order valence-corrected chi connectivity index (χ3v) is 4.68. The normalized spacial score (nSPS) is 11.3. The minimum absolute atomic E-state index is 0.399. The number of aryl methyl sites for hydroxylation is 1. The van der Waals surface area contributed by atoms with Gasteiger partial charge in [-0.25, -0.2) is 0 Å². The molecule has 0 aliphatic rings.